The van der Waals surface area contributed by atoms with E-state index in [1.807, 2.05) is 48.5 Å². The molecular weight excluding hydrogens is 386 g/mol. The topological polar surface area (TPSA) is 92.1 Å². The molecule has 0 spiro atoms. The van der Waals surface area contributed by atoms with Crippen molar-refractivity contribution in [2.24, 2.45) is 0 Å². The van der Waals surface area contributed by atoms with Gasteiger partial charge in [-0.15, -0.1) is 11.8 Å². The van der Waals surface area contributed by atoms with Crippen LogP contribution in [-0.2, 0) is 14.3 Å². The van der Waals surface area contributed by atoms with E-state index in [9.17, 15) is 9.59 Å². The smallest absolute Gasteiger partial charge is 0.331 e. The van der Waals surface area contributed by atoms with Crippen LogP contribution in [0.4, 0.5) is 5.69 Å². The van der Waals surface area contributed by atoms with Crippen LogP contribution in [0, 0.1) is 11.3 Å². The third kappa shape index (κ3) is 5.67. The Balaban J connectivity index is 1.56. The van der Waals surface area contributed by atoms with Crippen LogP contribution in [0.2, 0.25) is 0 Å². The molecule has 0 aliphatic rings. The van der Waals surface area contributed by atoms with Gasteiger partial charge in [-0.05, 0) is 24.3 Å². The van der Waals surface area contributed by atoms with Crippen molar-refractivity contribution in [3.05, 3.63) is 72.4 Å². The molecule has 3 rings (SSSR count). The van der Waals surface area contributed by atoms with E-state index in [1.165, 1.54) is 17.8 Å². The number of fused-ring (bicyclic) bond motifs is 1. The summed E-state index contributed by atoms with van der Waals surface area (Å²) in [5.41, 5.74) is 2.14. The Morgan fingerprint density at radius 2 is 1.97 bits per heavy atom. The van der Waals surface area contributed by atoms with Crippen LogP contribution in [-0.4, -0.2) is 29.2 Å². The zero-order valence-electron chi connectivity index (χ0n) is 15.4. The number of thioether (sulfide) groups is 1. The first kappa shape index (κ1) is 20.1. The second-order valence-corrected chi connectivity index (χ2v) is 6.87. The lowest BCUT2D eigenvalue weighted by atomic mass is 10.1. The van der Waals surface area contributed by atoms with E-state index in [0.29, 0.717) is 5.69 Å². The van der Waals surface area contributed by atoms with Crippen molar-refractivity contribution < 1.29 is 14.3 Å². The van der Waals surface area contributed by atoms with Crippen LogP contribution in [0.5, 0.6) is 0 Å². The maximum absolute atomic E-state index is 12.1. The van der Waals surface area contributed by atoms with Crippen LogP contribution in [0.25, 0.3) is 17.0 Å². The van der Waals surface area contributed by atoms with E-state index >= 15 is 0 Å². The summed E-state index contributed by atoms with van der Waals surface area (Å²) in [5.74, 6) is -0.806. The Morgan fingerprint density at radius 1 is 1.14 bits per heavy atom. The summed E-state index contributed by atoms with van der Waals surface area (Å²) >= 11 is 1.32. The molecule has 1 amide bonds. The Bertz CT molecular complexity index is 1100. The van der Waals surface area contributed by atoms with Crippen molar-refractivity contribution in [2.45, 2.75) is 4.90 Å². The molecule has 0 saturated heterocycles. The molecule has 0 radical (unpaired) electrons. The van der Waals surface area contributed by atoms with E-state index in [-0.39, 0.29) is 5.75 Å². The molecule has 0 saturated carbocycles. The molecule has 0 atom stereocenters. The number of nitrogens with zero attached hydrogens (tertiary/aromatic N) is 2. The van der Waals surface area contributed by atoms with Gasteiger partial charge in [0.2, 0.25) is 0 Å². The third-order valence-corrected chi connectivity index (χ3v) is 4.80. The van der Waals surface area contributed by atoms with Gasteiger partial charge in [-0.25, -0.2) is 4.79 Å². The molecule has 1 heterocycles. The molecule has 29 heavy (non-hydrogen) atoms. The number of aromatic nitrogens is 1. The predicted molar refractivity (Wildman–Crippen MR) is 113 cm³/mol. The van der Waals surface area contributed by atoms with Crippen molar-refractivity contribution in [1.29, 1.82) is 5.26 Å². The van der Waals surface area contributed by atoms with Crippen LogP contribution in [0.3, 0.4) is 0 Å². The summed E-state index contributed by atoms with van der Waals surface area (Å²) in [6.45, 7) is -0.409. The molecule has 7 heteroatoms. The second-order valence-electron chi connectivity index (χ2n) is 5.85. The van der Waals surface area contributed by atoms with Gasteiger partial charge in [0.15, 0.2) is 6.61 Å². The molecule has 0 bridgehead atoms. The molecular formula is C22H17N3O3S. The largest absolute Gasteiger partial charge is 0.452 e. The molecule has 0 unspecified atom stereocenters. The van der Waals surface area contributed by atoms with Gasteiger partial charge >= 0.3 is 5.97 Å². The number of pyridine rings is 1. The Kier molecular flexibility index (Phi) is 6.98. The summed E-state index contributed by atoms with van der Waals surface area (Å²) < 4.78 is 5.01. The van der Waals surface area contributed by atoms with Gasteiger partial charge in [-0.1, -0.05) is 36.4 Å². The fourth-order valence-corrected chi connectivity index (χ4v) is 3.27. The lowest BCUT2D eigenvalue weighted by Crippen LogP contribution is -2.20. The van der Waals surface area contributed by atoms with E-state index < -0.39 is 18.5 Å². The molecule has 6 nitrogen and oxygen atoms in total. The fraction of sp³-hybridized carbons (Fsp3) is 0.0909. The van der Waals surface area contributed by atoms with Crippen molar-refractivity contribution in [3.63, 3.8) is 0 Å². The molecule has 1 N–H and O–H groups in total. The number of rotatable bonds is 7. The molecule has 1 aromatic heterocycles. The minimum Gasteiger partial charge on any atom is -0.452 e. The monoisotopic (exact) mass is 403 g/mol. The number of hydrogen-bond acceptors (Lipinski definition) is 6. The summed E-state index contributed by atoms with van der Waals surface area (Å²) in [5, 5.41) is 12.4. The quantitative estimate of drug-likeness (QED) is 0.364. The van der Waals surface area contributed by atoms with Gasteiger partial charge in [0.1, 0.15) is 0 Å². The van der Waals surface area contributed by atoms with Gasteiger partial charge < -0.3 is 10.1 Å². The van der Waals surface area contributed by atoms with Crippen molar-refractivity contribution >= 4 is 46.3 Å². The standard InChI is InChI=1S/C22H17N3O3S/c23-12-14-29-19-9-2-1-8-18(19)25-20(26)15-28-21(27)11-10-17-6-3-5-16-7-4-13-24-22(16)17/h1-11,13H,14-15H2,(H,25,26)/b11-10+. The number of carbonyl (C=O) groups is 2. The minimum atomic E-state index is -0.625. The van der Waals surface area contributed by atoms with Crippen molar-refractivity contribution in [2.75, 3.05) is 17.7 Å². The number of amides is 1. The van der Waals surface area contributed by atoms with Crippen LogP contribution >= 0.6 is 11.8 Å². The highest BCUT2D eigenvalue weighted by molar-refractivity contribution is 7.99. The number of ether oxygens (including phenoxy) is 1. The minimum absolute atomic E-state index is 0.274. The zero-order valence-corrected chi connectivity index (χ0v) is 16.2. The van der Waals surface area contributed by atoms with Crippen molar-refractivity contribution in [1.82, 2.24) is 4.98 Å². The van der Waals surface area contributed by atoms with E-state index in [4.69, 9.17) is 10.00 Å². The van der Waals surface area contributed by atoms with Gasteiger partial charge in [0.25, 0.3) is 5.91 Å². The van der Waals surface area contributed by atoms with E-state index in [1.54, 1.807) is 24.4 Å². The number of nitriles is 1. The van der Waals surface area contributed by atoms with E-state index in [2.05, 4.69) is 10.3 Å². The SMILES string of the molecule is N#CCSc1ccccc1NC(=O)COC(=O)/C=C/c1cccc2cccnc12. The van der Waals surface area contributed by atoms with E-state index in [0.717, 1.165) is 21.4 Å². The number of hydrogen-bond donors (Lipinski definition) is 1. The van der Waals surface area contributed by atoms with Crippen LogP contribution in [0.1, 0.15) is 5.56 Å². The van der Waals surface area contributed by atoms with Gasteiger partial charge in [-0.3, -0.25) is 9.78 Å². The lowest BCUT2D eigenvalue weighted by Gasteiger charge is -2.09. The number of esters is 1. The summed E-state index contributed by atoms with van der Waals surface area (Å²) in [6.07, 6.45) is 4.58. The van der Waals surface area contributed by atoms with Crippen LogP contribution < -0.4 is 5.32 Å². The van der Waals surface area contributed by atoms with Crippen LogP contribution in [0.15, 0.2) is 71.8 Å². The Labute approximate surface area is 172 Å². The molecule has 144 valence electrons. The predicted octanol–water partition coefficient (Wildman–Crippen LogP) is 4.05. The first-order valence-electron chi connectivity index (χ1n) is 8.74. The first-order chi connectivity index (χ1) is 14.2. The fourth-order valence-electron chi connectivity index (χ4n) is 2.60. The van der Waals surface area contributed by atoms with Crippen molar-refractivity contribution in [3.8, 4) is 6.07 Å². The highest BCUT2D eigenvalue weighted by Crippen LogP contribution is 2.26. The lowest BCUT2D eigenvalue weighted by molar-refractivity contribution is -0.142. The highest BCUT2D eigenvalue weighted by atomic mass is 32.2. The average Bonchev–Trinajstić information content (AvgIpc) is 2.75. The Hall–Kier alpha value is -3.63. The highest BCUT2D eigenvalue weighted by Gasteiger charge is 2.09. The first-order valence-corrected chi connectivity index (χ1v) is 9.73. The number of anilines is 1. The second kappa shape index (κ2) is 10.1. The molecule has 0 aliphatic heterocycles. The number of nitrogens with one attached hydrogen (secondary N) is 1. The summed E-state index contributed by atoms with van der Waals surface area (Å²) in [7, 11) is 0. The summed E-state index contributed by atoms with van der Waals surface area (Å²) in [6, 6.07) is 18.6. The normalized spacial score (nSPS) is 10.6. The zero-order chi connectivity index (χ0) is 20.5. The Morgan fingerprint density at radius 3 is 2.83 bits per heavy atom. The number of benzene rings is 2. The molecule has 3 aromatic rings. The maximum atomic E-state index is 12.1. The molecule has 0 aliphatic carbocycles. The molecule has 0 fully saturated rings. The van der Waals surface area contributed by atoms with Gasteiger partial charge in [0.05, 0.1) is 23.0 Å². The summed E-state index contributed by atoms with van der Waals surface area (Å²) in [4.78, 5) is 29.2. The molecule has 2 aromatic carbocycles. The number of carbonyl (C=O) groups excluding carboxylic acids is 2. The third-order valence-electron chi connectivity index (χ3n) is 3.86. The number of para-hydroxylation sites is 2. The average molecular weight is 403 g/mol. The van der Waals surface area contributed by atoms with Gasteiger partial charge in [-0.2, -0.15) is 5.26 Å². The van der Waals surface area contributed by atoms with Gasteiger partial charge in [0, 0.05) is 28.1 Å². The maximum Gasteiger partial charge on any atom is 0.331 e.